The van der Waals surface area contributed by atoms with Crippen molar-refractivity contribution in [3.05, 3.63) is 88.8 Å². The first-order valence-electron chi connectivity index (χ1n) is 9.60. The number of rotatable bonds is 2. The summed E-state index contributed by atoms with van der Waals surface area (Å²) in [6.07, 6.45) is 4.33. The van der Waals surface area contributed by atoms with E-state index in [2.05, 4.69) is 35.2 Å². The summed E-state index contributed by atoms with van der Waals surface area (Å²) in [4.78, 5) is 19.6. The lowest BCUT2D eigenvalue weighted by Gasteiger charge is -2.35. The van der Waals surface area contributed by atoms with Crippen molar-refractivity contribution in [2.45, 2.75) is 19.4 Å². The Kier molecular flexibility index (Phi) is 4.32. The predicted octanol–water partition coefficient (Wildman–Crippen LogP) is 4.81. The van der Waals surface area contributed by atoms with Crippen molar-refractivity contribution >= 4 is 23.0 Å². The number of carbonyl (C=O) groups excluding carboxylic acids is 1. The number of aromatic nitrogens is 3. The fraction of sp³-hybridized carbons (Fsp3) is 0.174. The SMILES string of the molecule is CC1c2cc(-c3ccccn3)ccc2CCN1C(=O)c1cc2ccc(Cl)cn2n1. The van der Waals surface area contributed by atoms with Crippen molar-refractivity contribution in [3.8, 4) is 11.3 Å². The number of hydrogen-bond donors (Lipinski definition) is 0. The van der Waals surface area contributed by atoms with Crippen LogP contribution in [0, 0.1) is 0 Å². The Morgan fingerprint density at radius 3 is 2.86 bits per heavy atom. The second kappa shape index (κ2) is 7.01. The number of pyridine rings is 2. The smallest absolute Gasteiger partial charge is 0.274 e. The van der Waals surface area contributed by atoms with Gasteiger partial charge < -0.3 is 4.90 Å². The number of halogens is 1. The van der Waals surface area contributed by atoms with Gasteiger partial charge in [-0.3, -0.25) is 9.78 Å². The van der Waals surface area contributed by atoms with Gasteiger partial charge in [0.25, 0.3) is 5.91 Å². The normalized spacial score (nSPS) is 16.1. The lowest BCUT2D eigenvalue weighted by atomic mass is 9.91. The average molecular weight is 403 g/mol. The predicted molar refractivity (Wildman–Crippen MR) is 113 cm³/mol. The third-order valence-corrected chi connectivity index (χ3v) is 5.77. The third-order valence-electron chi connectivity index (χ3n) is 5.55. The highest BCUT2D eigenvalue weighted by Crippen LogP contribution is 2.33. The third kappa shape index (κ3) is 3.17. The molecule has 29 heavy (non-hydrogen) atoms. The van der Waals surface area contributed by atoms with Crippen molar-refractivity contribution in [2.75, 3.05) is 6.54 Å². The van der Waals surface area contributed by atoms with E-state index in [-0.39, 0.29) is 11.9 Å². The number of benzene rings is 1. The maximum Gasteiger partial charge on any atom is 0.274 e. The van der Waals surface area contributed by atoms with Crippen LogP contribution >= 0.6 is 11.6 Å². The minimum absolute atomic E-state index is 0.0386. The standard InChI is InChI=1S/C23H19ClN4O/c1-15-20-12-17(21-4-2-3-10-25-21)6-5-16(20)9-11-27(15)23(29)22-13-19-8-7-18(24)14-28(19)26-22/h2-8,10,12-15H,9,11H2,1H3. The minimum atomic E-state index is -0.0637. The quantitative estimate of drug-likeness (QED) is 0.483. The van der Waals surface area contributed by atoms with E-state index < -0.39 is 0 Å². The van der Waals surface area contributed by atoms with Crippen LogP contribution in [0.15, 0.2) is 67.0 Å². The molecule has 4 aromatic rings. The van der Waals surface area contributed by atoms with Crippen LogP contribution in [-0.2, 0) is 6.42 Å². The summed E-state index contributed by atoms with van der Waals surface area (Å²) in [5.41, 5.74) is 5.72. The molecule has 0 fully saturated rings. The monoisotopic (exact) mass is 402 g/mol. The molecular formula is C23H19ClN4O. The summed E-state index contributed by atoms with van der Waals surface area (Å²) < 4.78 is 1.65. The van der Waals surface area contributed by atoms with Crippen LogP contribution in [0.25, 0.3) is 16.8 Å². The van der Waals surface area contributed by atoms with E-state index in [1.165, 1.54) is 11.1 Å². The molecule has 0 spiro atoms. The van der Waals surface area contributed by atoms with Crippen molar-refractivity contribution in [1.29, 1.82) is 0 Å². The van der Waals surface area contributed by atoms with Gasteiger partial charge in [-0.05, 0) is 60.9 Å². The molecule has 3 aromatic heterocycles. The molecule has 1 unspecified atom stereocenters. The first kappa shape index (κ1) is 17.9. The van der Waals surface area contributed by atoms with Crippen LogP contribution in [0.5, 0.6) is 0 Å². The van der Waals surface area contributed by atoms with Crippen molar-refractivity contribution in [2.24, 2.45) is 0 Å². The van der Waals surface area contributed by atoms with Gasteiger partial charge in [0.15, 0.2) is 5.69 Å². The largest absolute Gasteiger partial charge is 0.330 e. The molecule has 1 atom stereocenters. The number of fused-ring (bicyclic) bond motifs is 2. The van der Waals surface area contributed by atoms with Gasteiger partial charge in [-0.15, -0.1) is 0 Å². The second-order valence-electron chi connectivity index (χ2n) is 7.30. The van der Waals surface area contributed by atoms with Crippen LogP contribution in [0.1, 0.15) is 34.6 Å². The van der Waals surface area contributed by atoms with Crippen molar-refractivity contribution in [1.82, 2.24) is 19.5 Å². The summed E-state index contributed by atoms with van der Waals surface area (Å²) in [6.45, 7) is 2.75. The molecule has 5 rings (SSSR count). The zero-order valence-electron chi connectivity index (χ0n) is 15.9. The van der Waals surface area contributed by atoms with Gasteiger partial charge in [0.2, 0.25) is 0 Å². The van der Waals surface area contributed by atoms with Crippen LogP contribution in [0.2, 0.25) is 5.02 Å². The number of amides is 1. The molecule has 6 heteroatoms. The molecule has 1 aliphatic rings. The van der Waals surface area contributed by atoms with Gasteiger partial charge in [-0.1, -0.05) is 29.8 Å². The molecule has 0 radical (unpaired) electrons. The Hall–Kier alpha value is -3.18. The van der Waals surface area contributed by atoms with Crippen LogP contribution in [-0.4, -0.2) is 31.9 Å². The van der Waals surface area contributed by atoms with E-state index in [0.29, 0.717) is 17.3 Å². The minimum Gasteiger partial charge on any atom is -0.330 e. The average Bonchev–Trinajstić information content (AvgIpc) is 3.17. The van der Waals surface area contributed by atoms with E-state index >= 15 is 0 Å². The van der Waals surface area contributed by atoms with Crippen molar-refractivity contribution in [3.63, 3.8) is 0 Å². The maximum absolute atomic E-state index is 13.2. The van der Waals surface area contributed by atoms with Crippen molar-refractivity contribution < 1.29 is 4.79 Å². The summed E-state index contributed by atoms with van der Waals surface area (Å²) in [5, 5.41) is 5.02. The molecule has 0 N–H and O–H groups in total. The molecule has 4 heterocycles. The fourth-order valence-corrected chi connectivity index (χ4v) is 4.15. The molecule has 0 bridgehead atoms. The Morgan fingerprint density at radius 1 is 1.14 bits per heavy atom. The zero-order valence-corrected chi connectivity index (χ0v) is 16.7. The van der Waals surface area contributed by atoms with E-state index in [9.17, 15) is 4.79 Å². The highest BCUT2D eigenvalue weighted by Gasteiger charge is 2.30. The molecule has 5 nitrogen and oxygen atoms in total. The Balaban J connectivity index is 1.48. The zero-order chi connectivity index (χ0) is 20.0. The van der Waals surface area contributed by atoms with Gasteiger partial charge in [0.05, 0.1) is 22.3 Å². The lowest BCUT2D eigenvalue weighted by Crippen LogP contribution is -2.39. The molecular weight excluding hydrogens is 384 g/mol. The summed E-state index contributed by atoms with van der Waals surface area (Å²) in [5.74, 6) is -0.0637. The number of hydrogen-bond acceptors (Lipinski definition) is 3. The Morgan fingerprint density at radius 2 is 2.03 bits per heavy atom. The number of nitrogens with zero attached hydrogens (tertiary/aromatic N) is 4. The van der Waals surface area contributed by atoms with E-state index in [4.69, 9.17) is 11.6 Å². The Labute approximate surface area is 173 Å². The van der Waals surface area contributed by atoms with Crippen LogP contribution in [0.4, 0.5) is 0 Å². The van der Waals surface area contributed by atoms with Gasteiger partial charge in [-0.25, -0.2) is 4.52 Å². The fourth-order valence-electron chi connectivity index (χ4n) is 4.00. The summed E-state index contributed by atoms with van der Waals surface area (Å²) in [6, 6.07) is 17.7. The van der Waals surface area contributed by atoms with Crippen LogP contribution < -0.4 is 0 Å². The first-order valence-corrected chi connectivity index (χ1v) is 9.98. The second-order valence-corrected chi connectivity index (χ2v) is 7.74. The van der Waals surface area contributed by atoms with Gasteiger partial charge in [-0.2, -0.15) is 5.10 Å². The molecule has 1 aromatic carbocycles. The lowest BCUT2D eigenvalue weighted by molar-refractivity contribution is 0.0671. The number of carbonyl (C=O) groups is 1. The first-order chi connectivity index (χ1) is 14.1. The summed E-state index contributed by atoms with van der Waals surface area (Å²) in [7, 11) is 0. The maximum atomic E-state index is 13.2. The topological polar surface area (TPSA) is 50.5 Å². The molecule has 0 saturated carbocycles. The highest BCUT2D eigenvalue weighted by atomic mass is 35.5. The summed E-state index contributed by atoms with van der Waals surface area (Å²) >= 11 is 6.04. The molecule has 144 valence electrons. The highest BCUT2D eigenvalue weighted by molar-refractivity contribution is 6.30. The van der Waals surface area contributed by atoms with Gasteiger partial charge in [0, 0.05) is 24.5 Å². The van der Waals surface area contributed by atoms with E-state index in [1.807, 2.05) is 35.2 Å². The Bertz CT molecular complexity index is 1220. The van der Waals surface area contributed by atoms with Gasteiger partial charge in [0.1, 0.15) is 0 Å². The molecule has 0 saturated heterocycles. The van der Waals surface area contributed by atoms with Crippen LogP contribution in [0.3, 0.4) is 0 Å². The molecule has 1 aliphatic heterocycles. The van der Waals surface area contributed by atoms with Gasteiger partial charge >= 0.3 is 0 Å². The van der Waals surface area contributed by atoms with E-state index in [1.54, 1.807) is 23.0 Å². The molecule has 0 aliphatic carbocycles. The van der Waals surface area contributed by atoms with E-state index in [0.717, 1.165) is 23.2 Å². The molecule has 1 amide bonds.